The molecule has 1 atom stereocenters. The maximum Gasteiger partial charge on any atom is 0.309 e. The third-order valence-corrected chi connectivity index (χ3v) is 5.08. The number of hydrogen-bond donors (Lipinski definition) is 0. The van der Waals surface area contributed by atoms with Crippen LogP contribution in [0.25, 0.3) is 0 Å². The largest absolute Gasteiger partial charge is 0.469 e. The molecule has 0 radical (unpaired) electrons. The summed E-state index contributed by atoms with van der Waals surface area (Å²) in [5.41, 5.74) is 1.04. The van der Waals surface area contributed by atoms with Crippen LogP contribution in [-0.4, -0.2) is 27.2 Å². The van der Waals surface area contributed by atoms with Gasteiger partial charge in [0.05, 0.1) is 23.7 Å². The van der Waals surface area contributed by atoms with Crippen LogP contribution in [0.4, 0.5) is 0 Å². The van der Waals surface area contributed by atoms with Gasteiger partial charge in [-0.2, -0.15) is 0 Å². The summed E-state index contributed by atoms with van der Waals surface area (Å²) in [6.07, 6.45) is 0. The van der Waals surface area contributed by atoms with Gasteiger partial charge in [-0.3, -0.25) is 4.79 Å². The fraction of sp³-hybridized carbons (Fsp3) is 0.533. The minimum atomic E-state index is -3.48. The Labute approximate surface area is 121 Å². The van der Waals surface area contributed by atoms with Gasteiger partial charge in [-0.25, -0.2) is 8.42 Å². The molecule has 1 rings (SSSR count). The lowest BCUT2D eigenvalue weighted by Gasteiger charge is -2.19. The Kier molecular flexibility index (Phi) is 4.97. The molecule has 1 aromatic rings. The van der Waals surface area contributed by atoms with Crippen molar-refractivity contribution in [3.63, 3.8) is 0 Å². The summed E-state index contributed by atoms with van der Waals surface area (Å²) in [6, 6.07) is 6.82. The van der Waals surface area contributed by atoms with Gasteiger partial charge in [-0.05, 0) is 23.1 Å². The van der Waals surface area contributed by atoms with Crippen LogP contribution in [0, 0.1) is 5.92 Å². The highest BCUT2D eigenvalue weighted by Crippen LogP contribution is 2.24. The third kappa shape index (κ3) is 4.07. The standard InChI is InChI=1S/C15H22O4S/c1-11(14(16)19-5)10-20(17,18)13-8-6-12(7-9-13)15(2,3)4/h6-9,11H,10H2,1-5H3. The molecule has 5 heteroatoms. The Bertz CT molecular complexity index is 565. The quantitative estimate of drug-likeness (QED) is 0.802. The van der Waals surface area contributed by atoms with Crippen LogP contribution < -0.4 is 0 Å². The van der Waals surface area contributed by atoms with E-state index in [1.54, 1.807) is 19.1 Å². The van der Waals surface area contributed by atoms with Crippen LogP contribution in [0.5, 0.6) is 0 Å². The molecule has 1 unspecified atom stereocenters. The molecule has 112 valence electrons. The van der Waals surface area contributed by atoms with Crippen molar-refractivity contribution in [1.29, 1.82) is 0 Å². The molecule has 0 fully saturated rings. The highest BCUT2D eigenvalue weighted by molar-refractivity contribution is 7.91. The summed E-state index contributed by atoms with van der Waals surface area (Å²) in [7, 11) is -2.22. The lowest BCUT2D eigenvalue weighted by molar-refractivity contribution is -0.144. The second kappa shape index (κ2) is 5.95. The van der Waals surface area contributed by atoms with Crippen LogP contribution in [0.1, 0.15) is 33.3 Å². The minimum absolute atomic E-state index is 0.0262. The Balaban J connectivity index is 2.97. The zero-order chi connectivity index (χ0) is 15.6. The van der Waals surface area contributed by atoms with Gasteiger partial charge in [0.2, 0.25) is 0 Å². The minimum Gasteiger partial charge on any atom is -0.469 e. The lowest BCUT2D eigenvalue weighted by Crippen LogP contribution is -2.22. The molecule has 0 bridgehead atoms. The summed E-state index contributed by atoms with van der Waals surface area (Å²) in [4.78, 5) is 11.6. The number of carbonyl (C=O) groups is 1. The first kappa shape index (κ1) is 16.7. The molecule has 0 heterocycles. The SMILES string of the molecule is COC(=O)C(C)CS(=O)(=O)c1ccc(C(C)(C)C)cc1. The third-order valence-electron chi connectivity index (χ3n) is 3.15. The van der Waals surface area contributed by atoms with Gasteiger partial charge in [0, 0.05) is 0 Å². The van der Waals surface area contributed by atoms with E-state index in [0.717, 1.165) is 5.56 Å². The molecule has 0 aliphatic carbocycles. The van der Waals surface area contributed by atoms with Crippen molar-refractivity contribution in [1.82, 2.24) is 0 Å². The van der Waals surface area contributed by atoms with E-state index in [9.17, 15) is 13.2 Å². The first-order chi connectivity index (χ1) is 9.08. The molecule has 0 aliphatic rings. The van der Waals surface area contributed by atoms with E-state index >= 15 is 0 Å². The van der Waals surface area contributed by atoms with Gasteiger partial charge in [-0.1, -0.05) is 39.8 Å². The number of sulfone groups is 1. The van der Waals surface area contributed by atoms with Gasteiger partial charge < -0.3 is 4.74 Å². The van der Waals surface area contributed by atoms with Gasteiger partial charge in [0.15, 0.2) is 9.84 Å². The smallest absolute Gasteiger partial charge is 0.309 e. The maximum atomic E-state index is 12.2. The average Bonchev–Trinajstić information content (AvgIpc) is 2.36. The van der Waals surface area contributed by atoms with E-state index in [1.807, 2.05) is 12.1 Å². The van der Waals surface area contributed by atoms with Crippen molar-refractivity contribution < 1.29 is 17.9 Å². The Hall–Kier alpha value is -1.36. The number of hydrogen-bond acceptors (Lipinski definition) is 4. The number of esters is 1. The van der Waals surface area contributed by atoms with Crippen molar-refractivity contribution in [2.45, 2.75) is 38.0 Å². The molecule has 0 amide bonds. The molecule has 1 aromatic carbocycles. The summed E-state index contributed by atoms with van der Waals surface area (Å²) in [6.45, 7) is 7.74. The molecule has 20 heavy (non-hydrogen) atoms. The van der Waals surface area contributed by atoms with Crippen LogP contribution >= 0.6 is 0 Å². The van der Waals surface area contributed by atoms with Crippen LogP contribution in [0.3, 0.4) is 0 Å². The molecular formula is C15H22O4S. The first-order valence-corrected chi connectivity index (χ1v) is 8.14. The molecule has 0 saturated carbocycles. The summed E-state index contributed by atoms with van der Waals surface area (Å²) < 4.78 is 29.0. The highest BCUT2D eigenvalue weighted by atomic mass is 32.2. The van der Waals surface area contributed by atoms with Crippen molar-refractivity contribution in [3.05, 3.63) is 29.8 Å². The average molecular weight is 298 g/mol. The van der Waals surface area contributed by atoms with Crippen molar-refractivity contribution >= 4 is 15.8 Å². The summed E-state index contributed by atoms with van der Waals surface area (Å²) in [5.74, 6) is -1.43. The van der Waals surface area contributed by atoms with Crippen molar-refractivity contribution in [2.75, 3.05) is 12.9 Å². The van der Waals surface area contributed by atoms with Gasteiger partial charge in [-0.15, -0.1) is 0 Å². The predicted molar refractivity (Wildman–Crippen MR) is 78.4 cm³/mol. The Morgan fingerprint density at radius 1 is 1.20 bits per heavy atom. The predicted octanol–water partition coefficient (Wildman–Crippen LogP) is 2.57. The number of methoxy groups -OCH3 is 1. The van der Waals surface area contributed by atoms with E-state index in [4.69, 9.17) is 0 Å². The van der Waals surface area contributed by atoms with Crippen LogP contribution in [0.15, 0.2) is 29.2 Å². The van der Waals surface area contributed by atoms with Gasteiger partial charge in [0.1, 0.15) is 0 Å². The van der Waals surface area contributed by atoms with Crippen LogP contribution in [0.2, 0.25) is 0 Å². The molecular weight excluding hydrogens is 276 g/mol. The van der Waals surface area contributed by atoms with Crippen molar-refractivity contribution in [2.24, 2.45) is 5.92 Å². The van der Waals surface area contributed by atoms with Gasteiger partial charge >= 0.3 is 5.97 Å². The van der Waals surface area contributed by atoms with E-state index < -0.39 is 21.7 Å². The fourth-order valence-electron chi connectivity index (χ4n) is 1.86. The molecule has 0 aliphatic heterocycles. The fourth-order valence-corrected chi connectivity index (χ4v) is 3.39. The topological polar surface area (TPSA) is 60.4 Å². The molecule has 0 saturated heterocycles. The van der Waals surface area contributed by atoms with E-state index in [0.29, 0.717) is 0 Å². The Morgan fingerprint density at radius 2 is 1.70 bits per heavy atom. The molecule has 4 nitrogen and oxygen atoms in total. The molecule has 0 N–H and O–H groups in total. The second-order valence-electron chi connectivity index (χ2n) is 5.98. The first-order valence-electron chi connectivity index (χ1n) is 6.49. The van der Waals surface area contributed by atoms with Crippen molar-refractivity contribution in [3.8, 4) is 0 Å². The number of benzene rings is 1. The molecule has 0 aromatic heterocycles. The number of rotatable bonds is 4. The van der Waals surface area contributed by atoms with Crippen LogP contribution in [-0.2, 0) is 24.8 Å². The lowest BCUT2D eigenvalue weighted by atomic mass is 9.87. The van der Waals surface area contributed by atoms with E-state index in [1.165, 1.54) is 7.11 Å². The normalized spacial score (nSPS) is 13.8. The van der Waals surface area contributed by atoms with E-state index in [2.05, 4.69) is 25.5 Å². The maximum absolute atomic E-state index is 12.2. The zero-order valence-electron chi connectivity index (χ0n) is 12.6. The monoisotopic (exact) mass is 298 g/mol. The zero-order valence-corrected chi connectivity index (χ0v) is 13.5. The number of carbonyl (C=O) groups excluding carboxylic acids is 1. The Morgan fingerprint density at radius 3 is 2.10 bits per heavy atom. The van der Waals surface area contributed by atoms with E-state index in [-0.39, 0.29) is 16.1 Å². The highest BCUT2D eigenvalue weighted by Gasteiger charge is 2.24. The number of ether oxygens (including phenoxy) is 1. The summed E-state index contributed by atoms with van der Waals surface area (Å²) in [5, 5.41) is 0. The summed E-state index contributed by atoms with van der Waals surface area (Å²) >= 11 is 0. The molecule has 0 spiro atoms. The second-order valence-corrected chi connectivity index (χ2v) is 8.01. The van der Waals surface area contributed by atoms with Gasteiger partial charge in [0.25, 0.3) is 0 Å².